The van der Waals surface area contributed by atoms with Gasteiger partial charge in [-0.2, -0.15) is 13.2 Å². The molecule has 4 rings (SSSR count). The molecule has 450 valence electrons. The van der Waals surface area contributed by atoms with Gasteiger partial charge in [0.05, 0.1) is 43.4 Å². The Kier molecular flexibility index (Phi) is 26.3. The first-order valence-electron chi connectivity index (χ1n) is 25.9. The molecule has 30 heteroatoms. The lowest BCUT2D eigenvalue weighted by Gasteiger charge is -2.28. The summed E-state index contributed by atoms with van der Waals surface area (Å²) in [7, 11) is 1.44. The molecular formula is C53H66ClF3N12O14. The molecule has 2 aromatic carbocycles. The number of benzene rings is 2. The maximum Gasteiger partial charge on any atom is 0.417 e. The van der Waals surface area contributed by atoms with Gasteiger partial charge in [0.2, 0.25) is 41.4 Å². The van der Waals surface area contributed by atoms with Crippen LogP contribution < -0.4 is 53.0 Å². The third-order valence-corrected chi connectivity index (χ3v) is 12.0. The maximum absolute atomic E-state index is 13.7. The number of rotatable bonds is 32. The molecule has 10 N–H and O–H groups in total. The number of ether oxygens (including phenoxy) is 3. The van der Waals surface area contributed by atoms with Gasteiger partial charge in [0, 0.05) is 81.9 Å². The molecule has 2 heterocycles. The molecule has 0 radical (unpaired) electrons. The van der Waals surface area contributed by atoms with Crippen molar-refractivity contribution in [2.24, 2.45) is 11.7 Å². The van der Waals surface area contributed by atoms with E-state index in [2.05, 4.69) is 47.5 Å². The Morgan fingerprint density at radius 1 is 0.699 bits per heavy atom. The van der Waals surface area contributed by atoms with Crippen molar-refractivity contribution >= 4 is 88.1 Å². The monoisotopic (exact) mass is 1190 g/mol. The van der Waals surface area contributed by atoms with Gasteiger partial charge < -0.3 is 67.4 Å². The quantitative estimate of drug-likeness (QED) is 0.0319. The zero-order valence-electron chi connectivity index (χ0n) is 45.9. The molecular weight excluding hydrogens is 1120 g/mol. The van der Waals surface area contributed by atoms with Crippen molar-refractivity contribution in [2.45, 2.75) is 83.7 Å². The third-order valence-electron chi connectivity index (χ3n) is 11.7. The number of amides is 12. The van der Waals surface area contributed by atoms with E-state index in [-0.39, 0.29) is 112 Å². The van der Waals surface area contributed by atoms with Crippen molar-refractivity contribution in [3.63, 3.8) is 0 Å². The molecule has 26 nitrogen and oxygen atoms in total. The van der Waals surface area contributed by atoms with Crippen LogP contribution in [0, 0.1) is 5.92 Å². The van der Waals surface area contributed by atoms with E-state index < -0.39 is 107 Å². The van der Waals surface area contributed by atoms with Crippen LogP contribution in [0.1, 0.15) is 69.4 Å². The molecule has 0 bridgehead atoms. The summed E-state index contributed by atoms with van der Waals surface area (Å²) in [4.78, 5) is 145. The first-order valence-corrected chi connectivity index (χ1v) is 26.2. The second-order valence-corrected chi connectivity index (χ2v) is 19.4. The zero-order valence-corrected chi connectivity index (χ0v) is 46.7. The van der Waals surface area contributed by atoms with Crippen LogP contribution in [0.3, 0.4) is 0 Å². The van der Waals surface area contributed by atoms with E-state index in [4.69, 9.17) is 31.5 Å². The SMILES string of the molecule is CC(C)CC(NC(=O)[C@@H](CC(N)=O)NC(=O)[C@@H](C)NC(=O)[C@@H](C)NC(=O)CCOCCOCCNC(=O)CCN1C(=O)C=CC1=O)C(=O)N(C)CCNC(=O)c1cc(Oc2ccc(NC(=O)Nc3ccc(Cl)c(C(F)(F)F)c3)cc2)ccn1. The number of alkyl halides is 3. The van der Waals surface area contributed by atoms with E-state index in [1.54, 1.807) is 13.8 Å². The Balaban J connectivity index is 1.16. The summed E-state index contributed by atoms with van der Waals surface area (Å²) in [6, 6.07) is 5.71. The molecule has 4 atom stereocenters. The molecule has 83 heavy (non-hydrogen) atoms. The minimum Gasteiger partial charge on any atom is -0.457 e. The Morgan fingerprint density at radius 3 is 1.96 bits per heavy atom. The number of nitrogens with zero attached hydrogens (tertiary/aromatic N) is 3. The molecule has 1 aliphatic rings. The van der Waals surface area contributed by atoms with Gasteiger partial charge in [-0.25, -0.2) is 4.79 Å². The molecule has 1 aliphatic heterocycles. The van der Waals surface area contributed by atoms with E-state index in [1.165, 1.54) is 74.5 Å². The van der Waals surface area contributed by atoms with Gasteiger partial charge in [-0.15, -0.1) is 0 Å². The van der Waals surface area contributed by atoms with Crippen LogP contribution in [-0.2, 0) is 58.8 Å². The predicted molar refractivity (Wildman–Crippen MR) is 292 cm³/mol. The fraction of sp³-hybridized carbons (Fsp3) is 0.434. The second kappa shape index (κ2) is 32.7. The summed E-state index contributed by atoms with van der Waals surface area (Å²) in [6.45, 7) is 6.68. The van der Waals surface area contributed by atoms with Crippen LogP contribution in [-0.4, -0.2) is 164 Å². The first-order chi connectivity index (χ1) is 39.2. The number of aromatic nitrogens is 1. The lowest BCUT2D eigenvalue weighted by Crippen LogP contribution is -2.58. The maximum atomic E-state index is 13.7. The molecule has 12 amide bonds. The Morgan fingerprint density at radius 2 is 1.31 bits per heavy atom. The van der Waals surface area contributed by atoms with Gasteiger partial charge in [0.25, 0.3) is 17.7 Å². The number of nitrogens with one attached hydrogen (secondary N) is 8. The molecule has 0 saturated carbocycles. The number of imide groups is 1. The topological polar surface area (TPSA) is 357 Å². The van der Waals surface area contributed by atoms with Gasteiger partial charge in [-0.3, -0.25) is 57.8 Å². The average Bonchev–Trinajstić information content (AvgIpc) is 3.91. The predicted octanol–water partition coefficient (Wildman–Crippen LogP) is 2.13. The van der Waals surface area contributed by atoms with Crippen LogP contribution in [0.25, 0.3) is 0 Å². The van der Waals surface area contributed by atoms with Crippen LogP contribution in [0.2, 0.25) is 5.02 Å². The molecule has 0 spiro atoms. The van der Waals surface area contributed by atoms with Crippen molar-refractivity contribution in [3.05, 3.63) is 89.2 Å². The number of pyridine rings is 1. The van der Waals surface area contributed by atoms with Crippen molar-refractivity contribution in [3.8, 4) is 11.5 Å². The number of nitrogens with two attached hydrogens (primary N) is 1. The summed E-state index contributed by atoms with van der Waals surface area (Å²) >= 11 is 5.65. The summed E-state index contributed by atoms with van der Waals surface area (Å²) in [6.07, 6.45) is -1.87. The smallest absolute Gasteiger partial charge is 0.417 e. The number of hydrogen-bond donors (Lipinski definition) is 9. The first kappa shape index (κ1) is 66.8. The number of halogens is 4. The van der Waals surface area contributed by atoms with E-state index in [0.29, 0.717) is 6.07 Å². The van der Waals surface area contributed by atoms with Gasteiger partial charge in [-0.05, 0) is 74.7 Å². The summed E-state index contributed by atoms with van der Waals surface area (Å²) in [5.74, 6) is -6.26. The number of primary amides is 1. The van der Waals surface area contributed by atoms with E-state index >= 15 is 0 Å². The van der Waals surface area contributed by atoms with Crippen molar-refractivity contribution < 1.29 is 80.1 Å². The minimum atomic E-state index is -4.73. The number of likely N-dealkylation sites (N-methyl/N-ethyl adjacent to an activating group) is 1. The summed E-state index contributed by atoms with van der Waals surface area (Å²) in [5, 5.41) is 19.4. The van der Waals surface area contributed by atoms with E-state index in [1.807, 2.05) is 0 Å². The van der Waals surface area contributed by atoms with Crippen molar-refractivity contribution in [1.29, 1.82) is 0 Å². The van der Waals surface area contributed by atoms with Gasteiger partial charge >= 0.3 is 12.2 Å². The molecule has 1 aromatic heterocycles. The summed E-state index contributed by atoms with van der Waals surface area (Å²) < 4.78 is 56.3. The lowest BCUT2D eigenvalue weighted by molar-refractivity contribution is -0.138. The third kappa shape index (κ3) is 23.4. The molecule has 0 saturated heterocycles. The lowest BCUT2D eigenvalue weighted by atomic mass is 10.0. The Hall–Kier alpha value is -8.70. The van der Waals surface area contributed by atoms with Crippen LogP contribution >= 0.6 is 11.6 Å². The highest BCUT2D eigenvalue weighted by Gasteiger charge is 2.34. The highest BCUT2D eigenvalue weighted by atomic mass is 35.5. The van der Waals surface area contributed by atoms with Crippen molar-refractivity contribution in [2.75, 3.05) is 70.3 Å². The highest BCUT2D eigenvalue weighted by Crippen LogP contribution is 2.36. The largest absolute Gasteiger partial charge is 0.457 e. The van der Waals surface area contributed by atoms with E-state index in [9.17, 15) is 65.9 Å². The highest BCUT2D eigenvalue weighted by molar-refractivity contribution is 6.31. The van der Waals surface area contributed by atoms with Crippen LogP contribution in [0.4, 0.5) is 29.3 Å². The number of hydrogen-bond acceptors (Lipinski definition) is 15. The minimum absolute atomic E-state index is 0.0231. The van der Waals surface area contributed by atoms with Crippen LogP contribution in [0.15, 0.2) is 72.9 Å². The zero-order chi connectivity index (χ0) is 61.4. The molecule has 3 aromatic rings. The number of urea groups is 1. The molecule has 0 fully saturated rings. The normalized spacial score (nSPS) is 13.4. The second-order valence-electron chi connectivity index (χ2n) is 19.0. The standard InChI is InChI=1S/C53H66ClF3N12O14/c1-30(2)26-41(51(79)68(5)21-18-61-49(77)39-28-36(14-17-59-39)83-35-9-6-33(7-10-35)64-52(80)65-34-8-11-38(54)37(27-34)53(55,56)57)67-50(78)40(29-42(58)70)66-48(76)32(4)63-47(75)31(3)62-44(72)16-22-81-24-25-82-23-19-60-43(71)15-20-69-45(73)12-13-46(69)74/h6-14,17,27-28,30-32,40-41H,15-16,18-26,29H2,1-5H3,(H2,58,70)(H,60,71)(H,61,77)(H,62,72)(H,63,75)(H,66,76)(H,67,78)(H2,64,65,80)/t31-,32-,40-,41?/m1/s1. The van der Waals surface area contributed by atoms with Gasteiger partial charge in [0.1, 0.15) is 41.4 Å². The number of anilines is 2. The van der Waals surface area contributed by atoms with Gasteiger partial charge in [-0.1, -0.05) is 25.4 Å². The average molecular weight is 1190 g/mol. The van der Waals surface area contributed by atoms with Crippen molar-refractivity contribution in [1.82, 2.24) is 46.7 Å². The molecule has 0 aliphatic carbocycles. The van der Waals surface area contributed by atoms with Gasteiger partial charge in [0.15, 0.2) is 0 Å². The molecule has 1 unspecified atom stereocenters. The number of carbonyl (C=O) groups excluding carboxylic acids is 11. The fourth-order valence-electron chi connectivity index (χ4n) is 7.42. The number of carbonyl (C=O) groups is 11. The Labute approximate surface area is 479 Å². The Bertz CT molecular complexity index is 2840. The fourth-order valence-corrected chi connectivity index (χ4v) is 7.64. The summed E-state index contributed by atoms with van der Waals surface area (Å²) in [5.41, 5.74) is 4.39. The van der Waals surface area contributed by atoms with Crippen LogP contribution in [0.5, 0.6) is 11.5 Å². The van der Waals surface area contributed by atoms with E-state index in [0.717, 1.165) is 23.1 Å².